The number of hydrogen-bond donors (Lipinski definition) is 2. The summed E-state index contributed by atoms with van der Waals surface area (Å²) in [5.74, 6) is 0.342. The van der Waals surface area contributed by atoms with Crippen LogP contribution in [-0.4, -0.2) is 23.9 Å². The van der Waals surface area contributed by atoms with Crippen LogP contribution in [0.15, 0.2) is 53.9 Å². The highest BCUT2D eigenvalue weighted by Gasteiger charge is 2.12. The van der Waals surface area contributed by atoms with Gasteiger partial charge in [-0.3, -0.25) is 9.59 Å². The highest BCUT2D eigenvalue weighted by molar-refractivity contribution is 7.13. The Bertz CT molecular complexity index is 918. The zero-order chi connectivity index (χ0) is 18.5. The van der Waals surface area contributed by atoms with Crippen molar-refractivity contribution in [2.24, 2.45) is 0 Å². The predicted octanol–water partition coefficient (Wildman–Crippen LogP) is 4.03. The van der Waals surface area contributed by atoms with Gasteiger partial charge in [0.15, 0.2) is 0 Å². The number of benzene rings is 2. The third kappa shape index (κ3) is 4.25. The first-order valence-electron chi connectivity index (χ1n) is 7.84. The molecule has 0 saturated carbocycles. The molecule has 0 unspecified atom stereocenters. The van der Waals surface area contributed by atoms with Crippen LogP contribution in [0.4, 0.5) is 11.4 Å². The van der Waals surface area contributed by atoms with Crippen LogP contribution in [0.25, 0.3) is 10.6 Å². The maximum Gasteiger partial charge on any atom is 0.275 e. The molecule has 1 heterocycles. The Balaban J connectivity index is 1.68. The van der Waals surface area contributed by atoms with E-state index in [1.54, 1.807) is 36.8 Å². The average Bonchev–Trinajstić information content (AvgIpc) is 3.13. The van der Waals surface area contributed by atoms with Crippen molar-refractivity contribution in [2.75, 3.05) is 17.7 Å². The number of rotatable bonds is 5. The molecule has 1 aromatic heterocycles. The smallest absolute Gasteiger partial charge is 0.275 e. The lowest BCUT2D eigenvalue weighted by Gasteiger charge is -2.05. The van der Waals surface area contributed by atoms with E-state index >= 15 is 0 Å². The van der Waals surface area contributed by atoms with Gasteiger partial charge >= 0.3 is 0 Å². The summed E-state index contributed by atoms with van der Waals surface area (Å²) in [6.07, 6.45) is 0. The summed E-state index contributed by atoms with van der Waals surface area (Å²) in [6, 6.07) is 14.4. The molecule has 0 saturated heterocycles. The molecule has 26 heavy (non-hydrogen) atoms. The molecule has 2 N–H and O–H groups in total. The first kappa shape index (κ1) is 17.6. The molecule has 0 bridgehead atoms. The second-order valence-corrected chi connectivity index (χ2v) is 6.34. The van der Waals surface area contributed by atoms with Crippen LogP contribution >= 0.6 is 11.3 Å². The number of ether oxygens (including phenoxy) is 1. The van der Waals surface area contributed by atoms with Crippen molar-refractivity contribution < 1.29 is 14.3 Å². The van der Waals surface area contributed by atoms with Crippen molar-refractivity contribution in [1.82, 2.24) is 4.98 Å². The van der Waals surface area contributed by atoms with Crippen LogP contribution < -0.4 is 15.4 Å². The third-order valence-electron chi connectivity index (χ3n) is 3.54. The van der Waals surface area contributed by atoms with E-state index in [1.165, 1.54) is 18.3 Å². The number of carbonyl (C=O) groups excluding carboxylic acids is 2. The molecule has 0 aliphatic rings. The molecule has 0 fully saturated rings. The minimum absolute atomic E-state index is 0.143. The highest BCUT2D eigenvalue weighted by atomic mass is 32.1. The fourth-order valence-electron chi connectivity index (χ4n) is 2.28. The molecule has 3 aromatic rings. The van der Waals surface area contributed by atoms with E-state index in [4.69, 9.17) is 4.74 Å². The number of nitrogens with one attached hydrogen (secondary N) is 2. The quantitative estimate of drug-likeness (QED) is 0.713. The van der Waals surface area contributed by atoms with Crippen molar-refractivity contribution in [3.05, 3.63) is 59.6 Å². The first-order valence-corrected chi connectivity index (χ1v) is 8.72. The molecule has 7 heteroatoms. The monoisotopic (exact) mass is 367 g/mol. The summed E-state index contributed by atoms with van der Waals surface area (Å²) in [7, 11) is 1.61. The summed E-state index contributed by atoms with van der Waals surface area (Å²) < 4.78 is 5.14. The molecule has 6 nitrogen and oxygen atoms in total. The number of amides is 2. The summed E-state index contributed by atoms with van der Waals surface area (Å²) in [6.45, 7) is 1.44. The van der Waals surface area contributed by atoms with Gasteiger partial charge in [0.1, 0.15) is 16.5 Å². The Morgan fingerprint density at radius 3 is 2.15 bits per heavy atom. The van der Waals surface area contributed by atoms with Crippen LogP contribution in [0.1, 0.15) is 17.4 Å². The molecule has 2 amide bonds. The van der Waals surface area contributed by atoms with Crippen LogP contribution in [0.2, 0.25) is 0 Å². The molecule has 0 atom stereocenters. The number of aromatic nitrogens is 1. The lowest BCUT2D eigenvalue weighted by atomic mass is 10.2. The molecule has 0 aliphatic heterocycles. The summed E-state index contributed by atoms with van der Waals surface area (Å²) in [5.41, 5.74) is 2.58. The maximum absolute atomic E-state index is 12.4. The van der Waals surface area contributed by atoms with Crippen LogP contribution in [0.3, 0.4) is 0 Å². The molecule has 0 aliphatic carbocycles. The van der Waals surface area contributed by atoms with Crippen molar-refractivity contribution in [3.8, 4) is 16.3 Å². The van der Waals surface area contributed by atoms with E-state index in [1.807, 2.05) is 24.3 Å². The zero-order valence-electron chi connectivity index (χ0n) is 14.3. The zero-order valence-corrected chi connectivity index (χ0v) is 15.1. The second-order valence-electron chi connectivity index (χ2n) is 5.48. The first-order chi connectivity index (χ1) is 12.5. The Hall–Kier alpha value is -3.19. The largest absolute Gasteiger partial charge is 0.497 e. The normalized spacial score (nSPS) is 10.2. The number of anilines is 2. The van der Waals surface area contributed by atoms with Gasteiger partial charge in [-0.05, 0) is 48.5 Å². The molecule has 2 aromatic carbocycles. The molecule has 0 radical (unpaired) electrons. The number of hydrogen-bond acceptors (Lipinski definition) is 5. The SMILES string of the molecule is COc1ccc(-c2nc(C(=O)Nc3ccc(NC(C)=O)cc3)cs2)cc1. The van der Waals surface area contributed by atoms with Crippen molar-refractivity contribution in [1.29, 1.82) is 0 Å². The second kappa shape index (κ2) is 7.79. The van der Waals surface area contributed by atoms with Gasteiger partial charge in [-0.25, -0.2) is 4.98 Å². The van der Waals surface area contributed by atoms with Crippen LogP contribution in [-0.2, 0) is 4.79 Å². The maximum atomic E-state index is 12.4. The van der Waals surface area contributed by atoms with Crippen molar-refractivity contribution in [2.45, 2.75) is 6.92 Å². The van der Waals surface area contributed by atoms with Gasteiger partial charge in [-0.1, -0.05) is 0 Å². The van der Waals surface area contributed by atoms with Crippen molar-refractivity contribution >= 4 is 34.5 Å². The number of nitrogens with zero attached hydrogens (tertiary/aromatic N) is 1. The van der Waals surface area contributed by atoms with Crippen molar-refractivity contribution in [3.63, 3.8) is 0 Å². The van der Waals surface area contributed by atoms with Gasteiger partial charge in [0, 0.05) is 29.2 Å². The lowest BCUT2D eigenvalue weighted by Crippen LogP contribution is -2.12. The van der Waals surface area contributed by atoms with E-state index in [-0.39, 0.29) is 11.8 Å². The van der Waals surface area contributed by atoms with E-state index in [0.29, 0.717) is 17.1 Å². The fourth-order valence-corrected chi connectivity index (χ4v) is 3.09. The van der Waals surface area contributed by atoms with E-state index in [2.05, 4.69) is 15.6 Å². The van der Waals surface area contributed by atoms with E-state index in [0.717, 1.165) is 16.3 Å². The van der Waals surface area contributed by atoms with Crippen LogP contribution in [0, 0.1) is 0 Å². The minimum Gasteiger partial charge on any atom is -0.497 e. The highest BCUT2D eigenvalue weighted by Crippen LogP contribution is 2.26. The van der Waals surface area contributed by atoms with Gasteiger partial charge in [0.25, 0.3) is 5.91 Å². The average molecular weight is 367 g/mol. The van der Waals surface area contributed by atoms with Gasteiger partial charge < -0.3 is 15.4 Å². The molecular formula is C19H17N3O3S. The topological polar surface area (TPSA) is 80.3 Å². The van der Waals surface area contributed by atoms with Gasteiger partial charge in [-0.15, -0.1) is 11.3 Å². The molecule has 0 spiro atoms. The fraction of sp³-hybridized carbons (Fsp3) is 0.105. The number of methoxy groups -OCH3 is 1. The Morgan fingerprint density at radius 2 is 1.58 bits per heavy atom. The van der Waals surface area contributed by atoms with Gasteiger partial charge in [0.2, 0.25) is 5.91 Å². The minimum atomic E-state index is -0.284. The van der Waals surface area contributed by atoms with E-state index in [9.17, 15) is 9.59 Å². The summed E-state index contributed by atoms with van der Waals surface area (Å²) in [5, 5.41) is 7.96. The van der Waals surface area contributed by atoms with Crippen LogP contribution in [0.5, 0.6) is 5.75 Å². The summed E-state index contributed by atoms with van der Waals surface area (Å²) in [4.78, 5) is 27.8. The number of carbonyl (C=O) groups is 2. The Kier molecular flexibility index (Phi) is 5.28. The molecular weight excluding hydrogens is 350 g/mol. The summed E-state index contributed by atoms with van der Waals surface area (Å²) >= 11 is 1.40. The third-order valence-corrected chi connectivity index (χ3v) is 4.43. The molecule has 132 valence electrons. The Labute approximate surface area is 154 Å². The predicted molar refractivity (Wildman–Crippen MR) is 103 cm³/mol. The molecule has 3 rings (SSSR count). The Morgan fingerprint density at radius 1 is 0.962 bits per heavy atom. The lowest BCUT2D eigenvalue weighted by molar-refractivity contribution is -0.114. The standard InChI is InChI=1S/C19H17N3O3S/c1-12(23)20-14-5-7-15(8-6-14)21-18(24)17-11-26-19(22-17)13-3-9-16(25-2)10-4-13/h3-11H,1-2H3,(H,20,23)(H,21,24). The van der Waals surface area contributed by atoms with Gasteiger partial charge in [0.05, 0.1) is 7.11 Å². The van der Waals surface area contributed by atoms with Gasteiger partial charge in [-0.2, -0.15) is 0 Å². The van der Waals surface area contributed by atoms with E-state index < -0.39 is 0 Å². The number of thiazole rings is 1.